The van der Waals surface area contributed by atoms with Gasteiger partial charge in [0.2, 0.25) is 12.7 Å². The summed E-state index contributed by atoms with van der Waals surface area (Å²) in [5.41, 5.74) is 1.57. The van der Waals surface area contributed by atoms with Crippen LogP contribution >= 0.6 is 24.0 Å². The van der Waals surface area contributed by atoms with E-state index in [0.717, 1.165) is 23.5 Å². The summed E-state index contributed by atoms with van der Waals surface area (Å²) in [6.07, 6.45) is -2.31. The van der Waals surface area contributed by atoms with Gasteiger partial charge in [0.25, 0.3) is 0 Å². The van der Waals surface area contributed by atoms with Crippen LogP contribution in [0.4, 0.5) is 13.2 Å². The topological polar surface area (TPSA) is 77.0 Å². The molecule has 0 spiro atoms. The fourth-order valence-corrected chi connectivity index (χ4v) is 2.66. The van der Waals surface area contributed by atoms with Gasteiger partial charge in [0.1, 0.15) is 0 Å². The lowest BCUT2D eigenvalue weighted by Gasteiger charge is -2.15. The molecular weight excluding hydrogens is 516 g/mol. The number of guanidine groups is 1. The zero-order valence-corrected chi connectivity index (χ0v) is 18.5. The minimum atomic E-state index is -4.42. The van der Waals surface area contributed by atoms with Gasteiger partial charge in [-0.1, -0.05) is 12.1 Å². The van der Waals surface area contributed by atoms with Crippen LogP contribution in [0, 0.1) is 0 Å². The lowest BCUT2D eigenvalue weighted by molar-refractivity contribution is -0.154. The number of alkyl halides is 3. The van der Waals surface area contributed by atoms with Crippen molar-refractivity contribution < 1.29 is 27.4 Å². The van der Waals surface area contributed by atoms with E-state index >= 15 is 0 Å². The van der Waals surface area contributed by atoms with Crippen LogP contribution in [0.15, 0.2) is 41.5 Å². The Morgan fingerprint density at radius 3 is 2.77 bits per heavy atom. The molecule has 3 rings (SSSR count). The molecule has 11 heteroatoms. The predicted octanol–water partition coefficient (Wildman–Crippen LogP) is 3.28. The van der Waals surface area contributed by atoms with Gasteiger partial charge < -0.3 is 24.8 Å². The van der Waals surface area contributed by atoms with Gasteiger partial charge in [-0.05, 0) is 30.2 Å². The van der Waals surface area contributed by atoms with Crippen molar-refractivity contribution in [2.45, 2.75) is 19.1 Å². The van der Waals surface area contributed by atoms with Gasteiger partial charge in [0.15, 0.2) is 24.1 Å². The Morgan fingerprint density at radius 1 is 1.20 bits per heavy atom. The SMILES string of the molecule is CN=C(NCCc1ccc2c(c1)OCO2)NCc1cccnc1OCC(F)(F)F.I. The van der Waals surface area contributed by atoms with Crippen LogP contribution in [0.3, 0.4) is 0 Å². The van der Waals surface area contributed by atoms with Gasteiger partial charge in [-0.3, -0.25) is 4.99 Å². The smallest absolute Gasteiger partial charge is 0.422 e. The highest BCUT2D eigenvalue weighted by molar-refractivity contribution is 14.0. The number of rotatable bonds is 7. The summed E-state index contributed by atoms with van der Waals surface area (Å²) in [6.45, 7) is -0.343. The van der Waals surface area contributed by atoms with Gasteiger partial charge in [0, 0.05) is 31.9 Å². The fourth-order valence-electron chi connectivity index (χ4n) is 2.66. The molecule has 0 bridgehead atoms. The van der Waals surface area contributed by atoms with Crippen molar-refractivity contribution in [1.29, 1.82) is 0 Å². The number of aliphatic imine (C=N–C) groups is 1. The van der Waals surface area contributed by atoms with E-state index in [9.17, 15) is 13.2 Å². The Bertz CT molecular complexity index is 865. The standard InChI is InChI=1S/C19H21F3N4O3.HI/c1-23-18(25-8-6-13-4-5-15-16(9-13)29-12-28-15)26-10-14-3-2-7-24-17(14)27-11-19(20,21)22;/h2-5,7,9H,6,8,10-12H2,1H3,(H2,23,25,26);1H. The molecule has 2 aromatic rings. The second-order valence-corrected chi connectivity index (χ2v) is 6.16. The van der Waals surface area contributed by atoms with Crippen molar-refractivity contribution in [3.05, 3.63) is 47.7 Å². The molecular formula is C19H22F3IN4O3. The Balaban J connectivity index is 0.00000320. The van der Waals surface area contributed by atoms with Crippen LogP contribution in [0.25, 0.3) is 0 Å². The summed E-state index contributed by atoms with van der Waals surface area (Å²) in [7, 11) is 1.61. The molecule has 0 fully saturated rings. The van der Waals surface area contributed by atoms with Gasteiger partial charge in [-0.25, -0.2) is 4.98 Å². The number of nitrogens with zero attached hydrogens (tertiary/aromatic N) is 2. The van der Waals surface area contributed by atoms with Gasteiger partial charge in [-0.2, -0.15) is 13.2 Å². The molecule has 0 saturated carbocycles. The van der Waals surface area contributed by atoms with Crippen molar-refractivity contribution in [3.8, 4) is 17.4 Å². The Kier molecular flexibility index (Phi) is 8.81. The summed E-state index contributed by atoms with van der Waals surface area (Å²) in [5, 5.41) is 6.20. The number of ether oxygens (including phenoxy) is 3. The van der Waals surface area contributed by atoms with Crippen LogP contribution in [0.1, 0.15) is 11.1 Å². The number of halogens is 4. The normalized spacial score (nSPS) is 12.9. The van der Waals surface area contributed by atoms with E-state index in [1.165, 1.54) is 6.20 Å². The van der Waals surface area contributed by atoms with E-state index in [1.54, 1.807) is 19.2 Å². The number of nitrogens with one attached hydrogen (secondary N) is 2. The molecule has 2 N–H and O–H groups in total. The monoisotopic (exact) mass is 538 g/mol. The molecule has 0 unspecified atom stereocenters. The Morgan fingerprint density at radius 2 is 2.00 bits per heavy atom. The van der Waals surface area contributed by atoms with Crippen LogP contribution in [-0.2, 0) is 13.0 Å². The summed E-state index contributed by atoms with van der Waals surface area (Å²) in [4.78, 5) is 7.99. The van der Waals surface area contributed by atoms with Crippen LogP contribution < -0.4 is 24.8 Å². The van der Waals surface area contributed by atoms with E-state index in [-0.39, 0.29) is 43.2 Å². The Labute approximate surface area is 189 Å². The molecule has 0 aliphatic carbocycles. The van der Waals surface area contributed by atoms with Crippen molar-refractivity contribution in [3.63, 3.8) is 0 Å². The maximum absolute atomic E-state index is 12.4. The average molecular weight is 538 g/mol. The molecule has 2 heterocycles. The molecule has 0 atom stereocenters. The fraction of sp³-hybridized carbons (Fsp3) is 0.368. The van der Waals surface area contributed by atoms with Crippen LogP contribution in [0.2, 0.25) is 0 Å². The second kappa shape index (κ2) is 11.1. The molecule has 30 heavy (non-hydrogen) atoms. The first-order chi connectivity index (χ1) is 13.9. The number of aromatic nitrogens is 1. The van der Waals surface area contributed by atoms with Gasteiger partial charge >= 0.3 is 6.18 Å². The second-order valence-electron chi connectivity index (χ2n) is 6.16. The quantitative estimate of drug-likeness (QED) is 0.320. The van der Waals surface area contributed by atoms with Crippen molar-refractivity contribution in [2.75, 3.05) is 27.0 Å². The first kappa shape index (κ1) is 23.8. The number of pyridine rings is 1. The zero-order valence-electron chi connectivity index (χ0n) is 16.2. The lowest BCUT2D eigenvalue weighted by atomic mass is 10.1. The van der Waals surface area contributed by atoms with Crippen molar-refractivity contribution in [2.24, 2.45) is 4.99 Å². The zero-order chi connectivity index (χ0) is 20.7. The van der Waals surface area contributed by atoms with E-state index in [0.29, 0.717) is 18.1 Å². The summed E-state index contributed by atoms with van der Waals surface area (Å²) in [6, 6.07) is 9.04. The van der Waals surface area contributed by atoms with Crippen molar-refractivity contribution >= 4 is 29.9 Å². The van der Waals surface area contributed by atoms with Gasteiger partial charge in [0.05, 0.1) is 0 Å². The number of hydrogen-bond donors (Lipinski definition) is 2. The van der Waals surface area contributed by atoms with Crippen LogP contribution in [-0.4, -0.2) is 44.1 Å². The largest absolute Gasteiger partial charge is 0.468 e. The Hall–Kier alpha value is -2.44. The number of benzene rings is 1. The third-order valence-electron chi connectivity index (χ3n) is 4.04. The predicted molar refractivity (Wildman–Crippen MR) is 116 cm³/mol. The van der Waals surface area contributed by atoms with Gasteiger partial charge in [-0.15, -0.1) is 24.0 Å². The summed E-state index contributed by atoms with van der Waals surface area (Å²) >= 11 is 0. The lowest BCUT2D eigenvalue weighted by Crippen LogP contribution is -2.38. The first-order valence-electron chi connectivity index (χ1n) is 8.91. The minimum absolute atomic E-state index is 0. The van der Waals surface area contributed by atoms with Crippen molar-refractivity contribution in [1.82, 2.24) is 15.6 Å². The molecule has 1 aliphatic heterocycles. The average Bonchev–Trinajstić information content (AvgIpc) is 3.17. The number of hydrogen-bond acceptors (Lipinski definition) is 5. The highest BCUT2D eigenvalue weighted by atomic mass is 127. The van der Waals surface area contributed by atoms with E-state index < -0.39 is 12.8 Å². The summed E-state index contributed by atoms with van der Waals surface area (Å²) < 4.78 is 52.6. The maximum atomic E-state index is 12.4. The molecule has 0 amide bonds. The highest BCUT2D eigenvalue weighted by Crippen LogP contribution is 2.32. The van der Waals surface area contributed by atoms with Crippen LogP contribution in [0.5, 0.6) is 17.4 Å². The third kappa shape index (κ3) is 7.11. The first-order valence-corrected chi connectivity index (χ1v) is 8.91. The highest BCUT2D eigenvalue weighted by Gasteiger charge is 2.29. The molecule has 0 saturated heterocycles. The number of fused-ring (bicyclic) bond motifs is 1. The molecule has 164 valence electrons. The maximum Gasteiger partial charge on any atom is 0.422 e. The minimum Gasteiger partial charge on any atom is -0.468 e. The molecule has 1 aromatic heterocycles. The molecule has 7 nitrogen and oxygen atoms in total. The molecule has 1 aliphatic rings. The summed E-state index contributed by atoms with van der Waals surface area (Å²) in [5.74, 6) is 1.91. The third-order valence-corrected chi connectivity index (χ3v) is 4.04. The van der Waals surface area contributed by atoms with E-state index in [2.05, 4.69) is 20.6 Å². The van der Waals surface area contributed by atoms with E-state index in [1.807, 2.05) is 18.2 Å². The van der Waals surface area contributed by atoms with E-state index in [4.69, 9.17) is 14.2 Å². The molecule has 1 aromatic carbocycles. The molecule has 0 radical (unpaired) electrons.